The summed E-state index contributed by atoms with van der Waals surface area (Å²) in [4.78, 5) is 12.0. The van der Waals surface area contributed by atoms with Gasteiger partial charge in [-0.3, -0.25) is 4.79 Å². The minimum Gasteiger partial charge on any atom is -0.479 e. The van der Waals surface area contributed by atoms with E-state index in [1.165, 1.54) is 0 Å². The number of halogens is 2. The lowest BCUT2D eigenvalue weighted by atomic mass is 9.74. The maximum Gasteiger partial charge on any atom is 0.280 e. The Bertz CT molecular complexity index is 658. The van der Waals surface area contributed by atoms with E-state index in [9.17, 15) is 4.79 Å². The van der Waals surface area contributed by atoms with Crippen LogP contribution in [-0.4, -0.2) is 17.7 Å². The third-order valence-electron chi connectivity index (χ3n) is 4.04. The van der Waals surface area contributed by atoms with Crippen LogP contribution in [0, 0.1) is 11.8 Å². The molecule has 0 bridgehead atoms. The number of nitrogens with one attached hydrogen (secondary N) is 1. The van der Waals surface area contributed by atoms with Gasteiger partial charge in [0.25, 0.3) is 5.91 Å². The fourth-order valence-corrected chi connectivity index (χ4v) is 3.15. The topological polar surface area (TPSA) is 50.7 Å². The maximum atomic E-state index is 12.0. The molecule has 22 heavy (non-hydrogen) atoms. The van der Waals surface area contributed by atoms with Gasteiger partial charge >= 0.3 is 0 Å². The van der Waals surface area contributed by atoms with E-state index >= 15 is 0 Å². The lowest BCUT2D eigenvalue weighted by Gasteiger charge is -2.31. The molecule has 0 unspecified atom stereocenters. The molecule has 0 aliphatic heterocycles. The van der Waals surface area contributed by atoms with Crippen LogP contribution in [0.5, 0.6) is 5.75 Å². The summed E-state index contributed by atoms with van der Waals surface area (Å²) in [6.45, 7) is 1.65. The molecule has 6 heteroatoms. The minimum absolute atomic E-state index is 0.298. The number of hydrogen-bond donors (Lipinski definition) is 1. The van der Waals surface area contributed by atoms with E-state index in [0.717, 1.165) is 18.6 Å². The van der Waals surface area contributed by atoms with Crippen LogP contribution in [0.25, 0.3) is 0 Å². The molecular formula is C16H16Cl2N2O2. The summed E-state index contributed by atoms with van der Waals surface area (Å²) in [6.07, 6.45) is 5.65. The van der Waals surface area contributed by atoms with Crippen molar-refractivity contribution in [3.05, 3.63) is 40.4 Å². The molecular weight excluding hydrogens is 323 g/mol. The van der Waals surface area contributed by atoms with E-state index < -0.39 is 6.10 Å². The molecule has 116 valence electrons. The summed E-state index contributed by atoms with van der Waals surface area (Å²) in [7, 11) is 0. The van der Waals surface area contributed by atoms with Gasteiger partial charge in [-0.15, -0.1) is 0 Å². The summed E-state index contributed by atoms with van der Waals surface area (Å²) >= 11 is 11.8. The van der Waals surface area contributed by atoms with Gasteiger partial charge in [0, 0.05) is 16.7 Å². The third-order valence-corrected chi connectivity index (χ3v) is 4.57. The highest BCUT2D eigenvalue weighted by Gasteiger charge is 2.38. The summed E-state index contributed by atoms with van der Waals surface area (Å²) in [6, 6.07) is 4.88. The smallest absolute Gasteiger partial charge is 0.280 e. The molecule has 1 fully saturated rings. The van der Waals surface area contributed by atoms with Crippen LogP contribution in [-0.2, 0) is 4.79 Å². The fourth-order valence-electron chi connectivity index (χ4n) is 2.70. The molecule has 1 N–H and O–H groups in total. The highest BCUT2D eigenvalue weighted by molar-refractivity contribution is 6.35. The van der Waals surface area contributed by atoms with Crippen molar-refractivity contribution in [2.24, 2.45) is 16.9 Å². The lowest BCUT2D eigenvalue weighted by molar-refractivity contribution is -0.127. The number of ether oxygens (including phenoxy) is 1. The van der Waals surface area contributed by atoms with E-state index in [1.807, 2.05) is 0 Å². The van der Waals surface area contributed by atoms with Crippen LogP contribution in [0.4, 0.5) is 0 Å². The lowest BCUT2D eigenvalue weighted by Crippen LogP contribution is -2.38. The maximum absolute atomic E-state index is 12.0. The molecule has 2 aliphatic carbocycles. The molecule has 0 spiro atoms. The molecule has 0 heterocycles. The van der Waals surface area contributed by atoms with Crippen LogP contribution < -0.4 is 10.2 Å². The number of rotatable bonds is 4. The molecule has 0 aromatic heterocycles. The first kappa shape index (κ1) is 15.4. The van der Waals surface area contributed by atoms with Gasteiger partial charge in [-0.05, 0) is 43.9 Å². The van der Waals surface area contributed by atoms with Gasteiger partial charge in [-0.2, -0.15) is 5.10 Å². The fraction of sp³-hybridized carbons (Fsp3) is 0.375. The van der Waals surface area contributed by atoms with Crippen molar-refractivity contribution in [2.45, 2.75) is 25.9 Å². The number of nitrogens with zero attached hydrogens (tertiary/aromatic N) is 1. The molecule has 0 radical (unpaired) electrons. The molecule has 1 saturated carbocycles. The summed E-state index contributed by atoms with van der Waals surface area (Å²) in [5.41, 5.74) is 3.63. The van der Waals surface area contributed by atoms with Gasteiger partial charge in [-0.1, -0.05) is 35.4 Å². The minimum atomic E-state index is -0.694. The second-order valence-electron chi connectivity index (χ2n) is 5.55. The van der Waals surface area contributed by atoms with Gasteiger partial charge in [0.2, 0.25) is 0 Å². The molecule has 3 atom stereocenters. The molecule has 1 aromatic rings. The van der Waals surface area contributed by atoms with Crippen LogP contribution in [0.3, 0.4) is 0 Å². The molecule has 1 amide bonds. The highest BCUT2D eigenvalue weighted by Crippen LogP contribution is 2.40. The number of carbonyl (C=O) groups excluding carboxylic acids is 1. The summed E-state index contributed by atoms with van der Waals surface area (Å²) in [5, 5.41) is 5.11. The number of allylic oxidation sites excluding steroid dienone is 2. The largest absolute Gasteiger partial charge is 0.479 e. The average molecular weight is 339 g/mol. The first-order valence-electron chi connectivity index (χ1n) is 7.19. The molecule has 3 rings (SSSR count). The Morgan fingerprint density at radius 1 is 1.45 bits per heavy atom. The van der Waals surface area contributed by atoms with Crippen molar-refractivity contribution >= 4 is 34.8 Å². The van der Waals surface area contributed by atoms with Crippen LogP contribution in [0.1, 0.15) is 19.8 Å². The normalized spacial score (nSPS) is 25.5. The van der Waals surface area contributed by atoms with Gasteiger partial charge in [0.05, 0.1) is 5.02 Å². The van der Waals surface area contributed by atoms with E-state index in [0.29, 0.717) is 27.6 Å². The summed E-state index contributed by atoms with van der Waals surface area (Å²) in [5.74, 6) is 1.21. The van der Waals surface area contributed by atoms with Crippen molar-refractivity contribution in [3.8, 4) is 5.75 Å². The Morgan fingerprint density at radius 2 is 2.27 bits per heavy atom. The van der Waals surface area contributed by atoms with Gasteiger partial charge in [0.1, 0.15) is 5.75 Å². The van der Waals surface area contributed by atoms with Crippen molar-refractivity contribution < 1.29 is 9.53 Å². The zero-order chi connectivity index (χ0) is 15.7. The van der Waals surface area contributed by atoms with Gasteiger partial charge in [0.15, 0.2) is 6.10 Å². The number of hydrazone groups is 1. The monoisotopic (exact) mass is 338 g/mol. The zero-order valence-electron chi connectivity index (χ0n) is 12.1. The van der Waals surface area contributed by atoms with Gasteiger partial charge in [-0.25, -0.2) is 5.43 Å². The molecule has 0 saturated heterocycles. The zero-order valence-corrected chi connectivity index (χ0v) is 13.6. The van der Waals surface area contributed by atoms with E-state index in [2.05, 4.69) is 22.7 Å². The van der Waals surface area contributed by atoms with Crippen molar-refractivity contribution in [1.82, 2.24) is 5.43 Å². The van der Waals surface area contributed by atoms with Crippen molar-refractivity contribution in [2.75, 3.05) is 0 Å². The summed E-state index contributed by atoms with van der Waals surface area (Å²) < 4.78 is 5.55. The van der Waals surface area contributed by atoms with E-state index in [1.54, 1.807) is 25.1 Å². The predicted octanol–water partition coefficient (Wildman–Crippen LogP) is 3.83. The Balaban J connectivity index is 1.55. The average Bonchev–Trinajstić information content (AvgIpc) is 2.83. The van der Waals surface area contributed by atoms with Crippen LogP contribution in [0.15, 0.2) is 35.5 Å². The van der Waals surface area contributed by atoms with Crippen molar-refractivity contribution in [1.29, 1.82) is 0 Å². The molecule has 2 aliphatic rings. The SMILES string of the molecule is C[C@H](Oc1ccc(Cl)cc1Cl)C(=O)N/N=C1\C[C@H]2C=CC[C@H]12. The van der Waals surface area contributed by atoms with Crippen molar-refractivity contribution in [3.63, 3.8) is 0 Å². The first-order chi connectivity index (χ1) is 10.5. The predicted molar refractivity (Wildman–Crippen MR) is 87.5 cm³/mol. The van der Waals surface area contributed by atoms with Gasteiger partial charge < -0.3 is 4.74 Å². The number of benzene rings is 1. The van der Waals surface area contributed by atoms with Crippen LogP contribution >= 0.6 is 23.2 Å². The Kier molecular flexibility index (Phi) is 4.41. The van der Waals surface area contributed by atoms with Crippen LogP contribution in [0.2, 0.25) is 10.0 Å². The number of fused-ring (bicyclic) bond motifs is 1. The van der Waals surface area contributed by atoms with E-state index in [4.69, 9.17) is 27.9 Å². The Morgan fingerprint density at radius 3 is 3.00 bits per heavy atom. The highest BCUT2D eigenvalue weighted by atomic mass is 35.5. The number of amides is 1. The Labute approximate surface area is 139 Å². The quantitative estimate of drug-likeness (QED) is 0.670. The first-order valence-corrected chi connectivity index (χ1v) is 7.95. The molecule has 1 aromatic carbocycles. The second-order valence-corrected chi connectivity index (χ2v) is 6.40. The Hall–Kier alpha value is -1.52. The standard InChI is InChI=1S/C16H16Cl2N2O2/c1-9(22-15-6-5-11(17)8-13(15)18)16(21)20-19-14-7-10-3-2-4-12(10)14/h2-3,5-6,8-10,12H,4,7H2,1H3,(H,20,21)/b19-14+/t9-,10+,12-/m0/s1. The third kappa shape index (κ3) is 3.13. The van der Waals surface area contributed by atoms with E-state index in [-0.39, 0.29) is 5.91 Å². The number of carbonyl (C=O) groups is 1. The number of hydrogen-bond acceptors (Lipinski definition) is 3. The molecule has 4 nitrogen and oxygen atoms in total. The second kappa shape index (κ2) is 6.31.